The summed E-state index contributed by atoms with van der Waals surface area (Å²) in [7, 11) is 2.66. The summed E-state index contributed by atoms with van der Waals surface area (Å²) in [4.78, 5) is 23.8. The van der Waals surface area contributed by atoms with E-state index in [1.54, 1.807) is 12.1 Å². The number of hydrogen-bond donors (Lipinski definition) is 1. The van der Waals surface area contributed by atoms with Crippen LogP contribution in [0.1, 0.15) is 85.9 Å². The van der Waals surface area contributed by atoms with E-state index in [4.69, 9.17) is 9.47 Å². The first-order valence-corrected chi connectivity index (χ1v) is 10.1. The van der Waals surface area contributed by atoms with E-state index in [-0.39, 0.29) is 0 Å². The van der Waals surface area contributed by atoms with Gasteiger partial charge in [0.05, 0.1) is 25.3 Å². The fraction of sp³-hybridized carbons (Fsp3) is 0.636. The van der Waals surface area contributed by atoms with Gasteiger partial charge in [0.1, 0.15) is 0 Å². The average Bonchev–Trinajstić information content (AvgIpc) is 2.70. The van der Waals surface area contributed by atoms with Gasteiger partial charge in [-0.3, -0.25) is 0 Å². The van der Waals surface area contributed by atoms with Gasteiger partial charge in [0, 0.05) is 12.2 Å². The third-order valence-electron chi connectivity index (χ3n) is 4.80. The number of carbonyl (C=O) groups is 2. The number of anilines is 1. The van der Waals surface area contributed by atoms with Crippen LogP contribution >= 0.6 is 0 Å². The number of ether oxygens (including phenoxy) is 2. The van der Waals surface area contributed by atoms with Gasteiger partial charge in [0.2, 0.25) is 0 Å². The maximum Gasteiger partial charge on any atom is 0.337 e. The van der Waals surface area contributed by atoms with E-state index < -0.39 is 11.9 Å². The number of unbranched alkanes of at least 4 members (excludes halogenated alkanes) is 4. The standard InChI is InChI=1S/C22H35NO4/c1-5-7-9-10-12-17(11-8-6-2)16-23-20-14-18(21(24)26-3)13-19(15-20)22(25)27-4/h13-15,17,23H,5-12,16H2,1-4H3. The minimum absolute atomic E-state index is 0.343. The molecule has 0 fully saturated rings. The van der Waals surface area contributed by atoms with Crippen LogP contribution in [0.25, 0.3) is 0 Å². The van der Waals surface area contributed by atoms with E-state index in [1.807, 2.05) is 0 Å². The van der Waals surface area contributed by atoms with Crippen molar-refractivity contribution in [2.75, 3.05) is 26.1 Å². The molecule has 1 unspecified atom stereocenters. The Hall–Kier alpha value is -2.04. The third-order valence-corrected chi connectivity index (χ3v) is 4.80. The van der Waals surface area contributed by atoms with E-state index in [9.17, 15) is 9.59 Å². The predicted octanol–water partition coefficient (Wildman–Crippen LogP) is 5.45. The van der Waals surface area contributed by atoms with Crippen molar-refractivity contribution >= 4 is 17.6 Å². The molecule has 0 radical (unpaired) electrons. The Morgan fingerprint density at radius 1 is 0.852 bits per heavy atom. The Morgan fingerprint density at radius 2 is 1.41 bits per heavy atom. The van der Waals surface area contributed by atoms with Crippen LogP contribution in [0.3, 0.4) is 0 Å². The minimum atomic E-state index is -0.467. The highest BCUT2D eigenvalue weighted by Gasteiger charge is 2.15. The van der Waals surface area contributed by atoms with Crippen LogP contribution in [-0.2, 0) is 9.47 Å². The van der Waals surface area contributed by atoms with Crippen LogP contribution < -0.4 is 5.32 Å². The van der Waals surface area contributed by atoms with E-state index in [0.717, 1.165) is 12.2 Å². The molecule has 0 aliphatic rings. The lowest BCUT2D eigenvalue weighted by Gasteiger charge is -2.19. The maximum absolute atomic E-state index is 11.9. The smallest absolute Gasteiger partial charge is 0.337 e. The first-order valence-electron chi connectivity index (χ1n) is 10.1. The van der Waals surface area contributed by atoms with E-state index in [0.29, 0.717) is 17.0 Å². The molecule has 1 N–H and O–H groups in total. The molecule has 5 heteroatoms. The van der Waals surface area contributed by atoms with Crippen molar-refractivity contribution in [3.05, 3.63) is 29.3 Å². The summed E-state index contributed by atoms with van der Waals surface area (Å²) in [5.41, 5.74) is 1.43. The fourth-order valence-corrected chi connectivity index (χ4v) is 3.16. The van der Waals surface area contributed by atoms with Gasteiger partial charge in [-0.2, -0.15) is 0 Å². The van der Waals surface area contributed by atoms with Gasteiger partial charge in [-0.1, -0.05) is 52.4 Å². The zero-order valence-electron chi connectivity index (χ0n) is 17.3. The summed E-state index contributed by atoms with van der Waals surface area (Å²) in [6, 6.07) is 4.96. The Kier molecular flexibility index (Phi) is 11.2. The molecular formula is C22H35NO4. The topological polar surface area (TPSA) is 64.6 Å². The maximum atomic E-state index is 11.9. The number of methoxy groups -OCH3 is 2. The lowest BCUT2D eigenvalue weighted by Crippen LogP contribution is -2.16. The van der Waals surface area contributed by atoms with Crippen molar-refractivity contribution in [3.63, 3.8) is 0 Å². The van der Waals surface area contributed by atoms with Crippen LogP contribution in [0, 0.1) is 5.92 Å². The van der Waals surface area contributed by atoms with Gasteiger partial charge in [0.25, 0.3) is 0 Å². The highest BCUT2D eigenvalue weighted by molar-refractivity contribution is 5.96. The summed E-state index contributed by atoms with van der Waals surface area (Å²) in [6.07, 6.45) is 9.87. The zero-order chi connectivity index (χ0) is 20.1. The van der Waals surface area contributed by atoms with Crippen LogP contribution in [0.4, 0.5) is 5.69 Å². The molecule has 152 valence electrons. The number of nitrogens with one attached hydrogen (secondary N) is 1. The first-order chi connectivity index (χ1) is 13.0. The van der Waals surface area contributed by atoms with Crippen molar-refractivity contribution in [2.24, 2.45) is 5.92 Å². The summed E-state index contributed by atoms with van der Waals surface area (Å²) in [5.74, 6) is -0.345. The second-order valence-electron chi connectivity index (χ2n) is 7.02. The largest absolute Gasteiger partial charge is 0.465 e. The molecule has 1 aromatic rings. The van der Waals surface area contributed by atoms with Crippen LogP contribution in [0.5, 0.6) is 0 Å². The summed E-state index contributed by atoms with van der Waals surface area (Å²) in [5, 5.41) is 3.42. The van der Waals surface area contributed by atoms with E-state index >= 15 is 0 Å². The fourth-order valence-electron chi connectivity index (χ4n) is 3.16. The zero-order valence-corrected chi connectivity index (χ0v) is 17.3. The lowest BCUT2D eigenvalue weighted by atomic mass is 9.95. The molecule has 0 aliphatic carbocycles. The summed E-state index contributed by atoms with van der Waals surface area (Å²) >= 11 is 0. The normalized spacial score (nSPS) is 11.7. The van der Waals surface area contributed by atoms with Crippen molar-refractivity contribution < 1.29 is 19.1 Å². The Morgan fingerprint density at radius 3 is 1.93 bits per heavy atom. The minimum Gasteiger partial charge on any atom is -0.465 e. The van der Waals surface area contributed by atoms with Gasteiger partial charge in [-0.15, -0.1) is 0 Å². The van der Waals surface area contributed by atoms with Gasteiger partial charge >= 0.3 is 11.9 Å². The molecule has 0 saturated heterocycles. The molecule has 27 heavy (non-hydrogen) atoms. The Bertz CT molecular complexity index is 551. The molecular weight excluding hydrogens is 342 g/mol. The number of hydrogen-bond acceptors (Lipinski definition) is 5. The predicted molar refractivity (Wildman–Crippen MR) is 109 cm³/mol. The Balaban J connectivity index is 2.82. The number of esters is 2. The summed E-state index contributed by atoms with van der Waals surface area (Å²) < 4.78 is 9.59. The SMILES string of the molecule is CCCCCCC(CCCC)CNc1cc(C(=O)OC)cc(C(=O)OC)c1. The van der Waals surface area contributed by atoms with Gasteiger partial charge in [0.15, 0.2) is 0 Å². The van der Waals surface area contributed by atoms with Crippen LogP contribution in [-0.4, -0.2) is 32.7 Å². The first kappa shape index (κ1) is 23.0. The number of rotatable bonds is 13. The quantitative estimate of drug-likeness (QED) is 0.366. The molecule has 0 bridgehead atoms. The lowest BCUT2D eigenvalue weighted by molar-refractivity contribution is 0.0599. The van der Waals surface area contributed by atoms with Crippen molar-refractivity contribution in [1.29, 1.82) is 0 Å². The number of carbonyl (C=O) groups excluding carboxylic acids is 2. The average molecular weight is 378 g/mol. The van der Waals surface area contributed by atoms with Crippen LogP contribution in [0.2, 0.25) is 0 Å². The molecule has 0 aliphatic heterocycles. The highest BCUT2D eigenvalue weighted by atomic mass is 16.5. The van der Waals surface area contributed by atoms with E-state index in [1.165, 1.54) is 71.7 Å². The molecule has 1 aromatic carbocycles. The molecule has 0 aromatic heterocycles. The van der Waals surface area contributed by atoms with Crippen molar-refractivity contribution in [2.45, 2.75) is 65.2 Å². The Labute approximate surface area is 163 Å². The molecule has 1 atom stereocenters. The van der Waals surface area contributed by atoms with Gasteiger partial charge < -0.3 is 14.8 Å². The molecule has 0 heterocycles. The molecule has 0 spiro atoms. The van der Waals surface area contributed by atoms with Crippen molar-refractivity contribution in [1.82, 2.24) is 0 Å². The van der Waals surface area contributed by atoms with Crippen molar-refractivity contribution in [3.8, 4) is 0 Å². The second-order valence-corrected chi connectivity index (χ2v) is 7.02. The third kappa shape index (κ3) is 8.46. The van der Waals surface area contributed by atoms with E-state index in [2.05, 4.69) is 19.2 Å². The van der Waals surface area contributed by atoms with Gasteiger partial charge in [-0.05, 0) is 37.0 Å². The molecule has 0 amide bonds. The molecule has 1 rings (SSSR count). The van der Waals surface area contributed by atoms with Gasteiger partial charge in [-0.25, -0.2) is 9.59 Å². The highest BCUT2D eigenvalue weighted by Crippen LogP contribution is 2.21. The number of benzene rings is 1. The molecule has 0 saturated carbocycles. The molecule has 5 nitrogen and oxygen atoms in total. The van der Waals surface area contributed by atoms with Crippen LogP contribution in [0.15, 0.2) is 18.2 Å². The summed E-state index contributed by atoms with van der Waals surface area (Å²) in [6.45, 7) is 5.27. The second kappa shape index (κ2) is 13.2. The monoisotopic (exact) mass is 377 g/mol.